The van der Waals surface area contributed by atoms with Gasteiger partial charge in [0.2, 0.25) is 0 Å². The summed E-state index contributed by atoms with van der Waals surface area (Å²) < 4.78 is 0. The Morgan fingerprint density at radius 3 is 2.78 bits per heavy atom. The third-order valence-electron chi connectivity index (χ3n) is 7.08. The van der Waals surface area contributed by atoms with Gasteiger partial charge in [-0.3, -0.25) is 15.0 Å². The maximum Gasteiger partial charge on any atom is 0.181 e. The summed E-state index contributed by atoms with van der Waals surface area (Å²) in [5, 5.41) is 8.68. The summed E-state index contributed by atoms with van der Waals surface area (Å²) in [7, 11) is 0. The molecule has 4 aromatic rings. The fourth-order valence-electron chi connectivity index (χ4n) is 5.28. The van der Waals surface area contributed by atoms with Crippen molar-refractivity contribution in [3.63, 3.8) is 0 Å². The van der Waals surface area contributed by atoms with Crippen LogP contribution >= 0.6 is 0 Å². The molecule has 0 unspecified atom stereocenters. The molecule has 0 saturated carbocycles. The number of hydrogen-bond acceptors (Lipinski definition) is 4. The maximum atomic E-state index is 4.66. The molecule has 36 heavy (non-hydrogen) atoms. The number of hydrogen-bond donors (Lipinski definition) is 2. The molecule has 2 N–H and O–H groups in total. The molecule has 6 heteroatoms. The lowest BCUT2D eigenvalue weighted by Crippen LogP contribution is -2.18. The first-order chi connectivity index (χ1) is 17.7. The predicted molar refractivity (Wildman–Crippen MR) is 146 cm³/mol. The van der Waals surface area contributed by atoms with Crippen LogP contribution < -0.4 is 0 Å². The number of aromatic nitrogens is 5. The number of H-pyrrole nitrogens is 2. The average molecular weight is 475 g/mol. The van der Waals surface area contributed by atoms with Gasteiger partial charge in [0.1, 0.15) is 0 Å². The summed E-state index contributed by atoms with van der Waals surface area (Å²) in [6.07, 6.45) is 19.9. The van der Waals surface area contributed by atoms with Gasteiger partial charge in [-0.1, -0.05) is 37.0 Å². The lowest BCUT2D eigenvalue weighted by atomic mass is 9.98. The number of fused-ring (bicyclic) bond motifs is 1. The van der Waals surface area contributed by atoms with Crippen molar-refractivity contribution in [1.82, 2.24) is 30.0 Å². The molecular formula is C30H30N6. The van der Waals surface area contributed by atoms with Crippen molar-refractivity contribution in [2.24, 2.45) is 0 Å². The first kappa shape index (κ1) is 22.4. The summed E-state index contributed by atoms with van der Waals surface area (Å²) in [4.78, 5) is 15.2. The highest BCUT2D eigenvalue weighted by Gasteiger charge is 2.18. The molecule has 0 spiro atoms. The Balaban J connectivity index is 1.36. The Morgan fingerprint density at radius 2 is 1.97 bits per heavy atom. The highest BCUT2D eigenvalue weighted by Crippen LogP contribution is 2.35. The van der Waals surface area contributed by atoms with E-state index in [1.165, 1.54) is 42.6 Å². The molecule has 1 fully saturated rings. The molecule has 180 valence electrons. The van der Waals surface area contributed by atoms with E-state index in [1.54, 1.807) is 0 Å². The number of rotatable bonds is 7. The van der Waals surface area contributed by atoms with E-state index >= 15 is 0 Å². The van der Waals surface area contributed by atoms with Gasteiger partial charge in [0.05, 0.1) is 11.4 Å². The van der Waals surface area contributed by atoms with Gasteiger partial charge in [0, 0.05) is 52.9 Å². The zero-order valence-electron chi connectivity index (χ0n) is 20.6. The SMILES string of the molecule is C=C/C=C(/C1=CCC=C1)c1cc(-c2[nH]nc3ncc(-c4cncc(CN5CCCC5)c4)cc23)[nH]c1C. The van der Waals surface area contributed by atoms with Crippen molar-refractivity contribution in [2.75, 3.05) is 13.1 Å². The number of aryl methyl sites for hydroxylation is 1. The van der Waals surface area contributed by atoms with Crippen molar-refractivity contribution < 1.29 is 0 Å². The van der Waals surface area contributed by atoms with Crippen molar-refractivity contribution in [3.8, 4) is 22.5 Å². The molecule has 0 aromatic carbocycles. The number of nitrogens with one attached hydrogen (secondary N) is 2. The second-order valence-electron chi connectivity index (χ2n) is 9.59. The number of aromatic amines is 2. The highest BCUT2D eigenvalue weighted by molar-refractivity contribution is 5.94. The Morgan fingerprint density at radius 1 is 1.11 bits per heavy atom. The third kappa shape index (κ3) is 4.25. The van der Waals surface area contributed by atoms with Crippen molar-refractivity contribution in [2.45, 2.75) is 32.7 Å². The number of nitrogens with zero attached hydrogens (tertiary/aromatic N) is 4. The summed E-state index contributed by atoms with van der Waals surface area (Å²) in [5.74, 6) is 0. The fraction of sp³-hybridized carbons (Fsp3) is 0.233. The van der Waals surface area contributed by atoms with Gasteiger partial charge in [0.25, 0.3) is 0 Å². The zero-order chi connectivity index (χ0) is 24.5. The lowest BCUT2D eigenvalue weighted by Gasteiger charge is -2.14. The summed E-state index contributed by atoms with van der Waals surface area (Å²) in [5.41, 5.74) is 10.6. The van der Waals surface area contributed by atoms with Gasteiger partial charge in [0.15, 0.2) is 5.65 Å². The molecule has 0 bridgehead atoms. The number of allylic oxidation sites excluding steroid dienone is 7. The quantitative estimate of drug-likeness (QED) is 0.305. The molecule has 6 nitrogen and oxygen atoms in total. The van der Waals surface area contributed by atoms with E-state index in [-0.39, 0.29) is 0 Å². The van der Waals surface area contributed by atoms with Gasteiger partial charge >= 0.3 is 0 Å². The minimum Gasteiger partial charge on any atom is -0.357 e. The zero-order valence-corrected chi connectivity index (χ0v) is 20.6. The van der Waals surface area contributed by atoms with Crippen molar-refractivity contribution in [1.29, 1.82) is 0 Å². The van der Waals surface area contributed by atoms with Crippen LogP contribution in [0.3, 0.4) is 0 Å². The summed E-state index contributed by atoms with van der Waals surface area (Å²) in [6.45, 7) is 9.33. The van der Waals surface area contributed by atoms with E-state index in [1.807, 2.05) is 24.7 Å². The number of pyridine rings is 2. The Kier molecular flexibility index (Phi) is 5.95. The molecule has 2 aliphatic rings. The van der Waals surface area contributed by atoms with Gasteiger partial charge in [-0.05, 0) is 74.2 Å². The minimum absolute atomic E-state index is 0.701. The monoisotopic (exact) mass is 474 g/mol. The normalized spacial score (nSPS) is 16.2. The fourth-order valence-corrected chi connectivity index (χ4v) is 5.28. The van der Waals surface area contributed by atoms with Gasteiger partial charge in [-0.2, -0.15) is 5.10 Å². The van der Waals surface area contributed by atoms with Crippen LogP contribution in [-0.2, 0) is 6.54 Å². The maximum absolute atomic E-state index is 4.66. The van der Waals surface area contributed by atoms with Crippen LogP contribution in [0.4, 0.5) is 0 Å². The Hall–Kier alpha value is -4.03. The number of likely N-dealkylation sites (tertiary alicyclic amines) is 1. The molecular weight excluding hydrogens is 444 g/mol. The van der Waals surface area contributed by atoms with Gasteiger partial charge in [-0.25, -0.2) is 4.98 Å². The Bertz CT molecular complexity index is 1520. The Labute approximate surface area is 211 Å². The van der Waals surface area contributed by atoms with E-state index in [9.17, 15) is 0 Å². The second kappa shape index (κ2) is 9.55. The lowest BCUT2D eigenvalue weighted by molar-refractivity contribution is 0.331. The standard InChI is InChI=1S/C30H30N6/c1-3-8-25(22-9-4-5-10-22)26-15-28(33-20(26)2)29-27-14-24(18-32-30(27)35-34-29)23-13-21(16-31-17-23)19-36-11-6-7-12-36/h3-4,8-10,13-18,33H,1,5-7,11-12,19H2,2H3,(H,32,34,35)/b25-8-. The second-order valence-corrected chi connectivity index (χ2v) is 9.59. The molecule has 1 aliphatic carbocycles. The average Bonchev–Trinajstić information content (AvgIpc) is 3.70. The molecule has 4 aromatic heterocycles. The van der Waals surface area contributed by atoms with E-state index in [2.05, 4.69) is 86.1 Å². The predicted octanol–water partition coefficient (Wildman–Crippen LogP) is 6.37. The highest BCUT2D eigenvalue weighted by atomic mass is 15.2. The van der Waals surface area contributed by atoms with Crippen molar-refractivity contribution in [3.05, 3.63) is 96.1 Å². The molecule has 0 radical (unpaired) electrons. The van der Waals surface area contributed by atoms with Crippen LogP contribution in [-0.4, -0.2) is 43.1 Å². The third-order valence-corrected chi connectivity index (χ3v) is 7.08. The van der Waals surface area contributed by atoms with E-state index in [4.69, 9.17) is 0 Å². The molecule has 5 heterocycles. The first-order valence-corrected chi connectivity index (χ1v) is 12.6. The van der Waals surface area contributed by atoms with Crippen LogP contribution in [0.1, 0.15) is 36.1 Å². The van der Waals surface area contributed by atoms with E-state index in [0.29, 0.717) is 5.65 Å². The molecule has 0 amide bonds. The molecule has 6 rings (SSSR count). The molecule has 1 saturated heterocycles. The van der Waals surface area contributed by atoms with E-state index < -0.39 is 0 Å². The summed E-state index contributed by atoms with van der Waals surface area (Å²) in [6, 6.07) is 6.59. The topological polar surface area (TPSA) is 73.5 Å². The van der Waals surface area contributed by atoms with Crippen LogP contribution in [0, 0.1) is 6.92 Å². The summed E-state index contributed by atoms with van der Waals surface area (Å²) >= 11 is 0. The minimum atomic E-state index is 0.701. The molecule has 0 atom stereocenters. The van der Waals surface area contributed by atoms with E-state index in [0.717, 1.165) is 52.1 Å². The van der Waals surface area contributed by atoms with Crippen molar-refractivity contribution >= 4 is 16.6 Å². The smallest absolute Gasteiger partial charge is 0.181 e. The van der Waals surface area contributed by atoms with Crippen LogP contribution in [0.5, 0.6) is 0 Å². The van der Waals surface area contributed by atoms with Crippen LogP contribution in [0.25, 0.3) is 39.1 Å². The van der Waals surface area contributed by atoms with Crippen LogP contribution in [0.2, 0.25) is 0 Å². The van der Waals surface area contributed by atoms with Crippen LogP contribution in [0.15, 0.2) is 79.3 Å². The van der Waals surface area contributed by atoms with Gasteiger partial charge < -0.3 is 4.98 Å². The van der Waals surface area contributed by atoms with Gasteiger partial charge in [-0.15, -0.1) is 0 Å². The first-order valence-electron chi connectivity index (χ1n) is 12.6. The molecule has 1 aliphatic heterocycles. The largest absolute Gasteiger partial charge is 0.357 e.